The number of hydrogen-bond acceptors (Lipinski definition) is 2. The van der Waals surface area contributed by atoms with Crippen molar-refractivity contribution in [1.29, 1.82) is 0 Å². The SMILES string of the molecule is CC.CC.O=C1C=CC(=O)C2=CC3CC3C=C12. The molecule has 0 aromatic carbocycles. The second-order valence-electron chi connectivity index (χ2n) is 3.79. The number of allylic oxidation sites excluding steroid dienone is 6. The molecule has 2 atom stereocenters. The maximum Gasteiger partial charge on any atom is 0.186 e. The molecule has 0 heterocycles. The van der Waals surface area contributed by atoms with Crippen LogP contribution >= 0.6 is 0 Å². The van der Waals surface area contributed by atoms with Gasteiger partial charge in [0.15, 0.2) is 11.6 Å². The summed E-state index contributed by atoms with van der Waals surface area (Å²) in [5.74, 6) is 1.02. The summed E-state index contributed by atoms with van der Waals surface area (Å²) in [4.78, 5) is 22.8. The van der Waals surface area contributed by atoms with Gasteiger partial charge in [-0.05, 0) is 30.4 Å². The van der Waals surface area contributed by atoms with Gasteiger partial charge in [0.25, 0.3) is 0 Å². The summed E-state index contributed by atoms with van der Waals surface area (Å²) in [6.07, 6.45) is 7.77. The highest BCUT2D eigenvalue weighted by atomic mass is 16.1. The van der Waals surface area contributed by atoms with Crippen LogP contribution in [0.25, 0.3) is 0 Å². The fourth-order valence-corrected chi connectivity index (χ4v) is 1.99. The van der Waals surface area contributed by atoms with Crippen molar-refractivity contribution in [3.63, 3.8) is 0 Å². The zero-order valence-electron chi connectivity index (χ0n) is 11.0. The van der Waals surface area contributed by atoms with E-state index in [1.807, 2.05) is 39.8 Å². The molecule has 2 unspecified atom stereocenters. The molecule has 3 aliphatic carbocycles. The first kappa shape index (κ1) is 13.6. The van der Waals surface area contributed by atoms with Gasteiger partial charge < -0.3 is 0 Å². The highest BCUT2D eigenvalue weighted by Crippen LogP contribution is 2.47. The maximum atomic E-state index is 11.4. The molecule has 2 heteroatoms. The molecule has 2 nitrogen and oxygen atoms in total. The Balaban J connectivity index is 0.000000330. The molecule has 0 aliphatic heterocycles. The van der Waals surface area contributed by atoms with E-state index in [4.69, 9.17) is 0 Å². The third-order valence-electron chi connectivity index (χ3n) is 2.86. The molecule has 3 rings (SSSR count). The molecular weight excluding hydrogens is 212 g/mol. The molecular formula is C15H20O2. The molecule has 0 N–H and O–H groups in total. The van der Waals surface area contributed by atoms with E-state index < -0.39 is 0 Å². The number of carbonyl (C=O) groups is 2. The quantitative estimate of drug-likeness (QED) is 0.642. The molecule has 0 aromatic heterocycles. The first-order valence-electron chi connectivity index (χ1n) is 6.46. The maximum absolute atomic E-state index is 11.4. The summed E-state index contributed by atoms with van der Waals surface area (Å²) in [6, 6.07) is 0. The summed E-state index contributed by atoms with van der Waals surface area (Å²) in [5, 5.41) is 0. The van der Waals surface area contributed by atoms with Crippen LogP contribution < -0.4 is 0 Å². The minimum Gasteiger partial charge on any atom is -0.289 e. The third-order valence-corrected chi connectivity index (χ3v) is 2.86. The summed E-state index contributed by atoms with van der Waals surface area (Å²) < 4.78 is 0. The van der Waals surface area contributed by atoms with Crippen molar-refractivity contribution in [2.45, 2.75) is 34.1 Å². The van der Waals surface area contributed by atoms with E-state index in [9.17, 15) is 9.59 Å². The van der Waals surface area contributed by atoms with Gasteiger partial charge in [-0.1, -0.05) is 39.8 Å². The minimum absolute atomic E-state index is 0.0174. The Bertz CT molecular complexity index is 373. The van der Waals surface area contributed by atoms with Gasteiger partial charge in [0.2, 0.25) is 0 Å². The average molecular weight is 232 g/mol. The van der Waals surface area contributed by atoms with Gasteiger partial charge in [-0.3, -0.25) is 9.59 Å². The first-order chi connectivity index (χ1) is 8.25. The summed E-state index contributed by atoms with van der Waals surface area (Å²) in [7, 11) is 0. The Morgan fingerprint density at radius 3 is 1.53 bits per heavy atom. The van der Waals surface area contributed by atoms with Gasteiger partial charge >= 0.3 is 0 Å². The van der Waals surface area contributed by atoms with Crippen LogP contribution in [-0.2, 0) is 9.59 Å². The van der Waals surface area contributed by atoms with E-state index in [0.29, 0.717) is 23.0 Å². The highest BCUT2D eigenvalue weighted by Gasteiger charge is 2.40. The molecule has 0 bridgehead atoms. The van der Waals surface area contributed by atoms with Crippen molar-refractivity contribution < 1.29 is 9.59 Å². The monoisotopic (exact) mass is 232 g/mol. The predicted molar refractivity (Wildman–Crippen MR) is 69.6 cm³/mol. The van der Waals surface area contributed by atoms with Crippen molar-refractivity contribution in [2.75, 3.05) is 0 Å². The molecule has 0 amide bonds. The standard InChI is InChI=1S/C11H8O2.2C2H6/c12-10-1-2-11(13)9-5-7-3-6(7)4-8(9)10;2*1-2/h1-2,4-7H,3H2;2*1-2H3. The molecule has 0 aromatic rings. The van der Waals surface area contributed by atoms with Crippen LogP contribution in [0.2, 0.25) is 0 Å². The Morgan fingerprint density at radius 2 is 1.18 bits per heavy atom. The lowest BCUT2D eigenvalue weighted by Crippen LogP contribution is -2.17. The number of carbonyl (C=O) groups excluding carboxylic acids is 2. The van der Waals surface area contributed by atoms with Crippen LogP contribution in [-0.4, -0.2) is 11.6 Å². The molecule has 0 radical (unpaired) electrons. The molecule has 92 valence electrons. The van der Waals surface area contributed by atoms with Gasteiger partial charge in [-0.25, -0.2) is 0 Å². The van der Waals surface area contributed by atoms with Crippen LogP contribution in [0.1, 0.15) is 34.1 Å². The molecule has 0 spiro atoms. The van der Waals surface area contributed by atoms with E-state index in [2.05, 4.69) is 0 Å². The van der Waals surface area contributed by atoms with E-state index in [-0.39, 0.29) is 11.6 Å². The van der Waals surface area contributed by atoms with E-state index in [0.717, 1.165) is 6.42 Å². The van der Waals surface area contributed by atoms with Gasteiger partial charge in [0, 0.05) is 11.1 Å². The van der Waals surface area contributed by atoms with E-state index in [1.54, 1.807) is 0 Å². The second-order valence-corrected chi connectivity index (χ2v) is 3.79. The zero-order valence-corrected chi connectivity index (χ0v) is 11.0. The van der Waals surface area contributed by atoms with Crippen molar-refractivity contribution in [3.8, 4) is 0 Å². The van der Waals surface area contributed by atoms with Gasteiger partial charge in [0.1, 0.15) is 0 Å². The fraction of sp³-hybridized carbons (Fsp3) is 0.467. The van der Waals surface area contributed by atoms with Gasteiger partial charge in [-0.15, -0.1) is 0 Å². The van der Waals surface area contributed by atoms with E-state index in [1.165, 1.54) is 12.2 Å². The Labute approximate surface area is 103 Å². The number of hydrogen-bond donors (Lipinski definition) is 0. The minimum atomic E-state index is -0.0174. The largest absolute Gasteiger partial charge is 0.289 e. The molecule has 1 saturated carbocycles. The number of fused-ring (bicyclic) bond motifs is 2. The Hall–Kier alpha value is -1.44. The lowest BCUT2D eigenvalue weighted by molar-refractivity contribution is -0.115. The molecule has 0 saturated heterocycles. The second kappa shape index (κ2) is 5.76. The fourth-order valence-electron chi connectivity index (χ4n) is 1.99. The van der Waals surface area contributed by atoms with Crippen LogP contribution in [0.15, 0.2) is 35.5 Å². The normalized spacial score (nSPS) is 27.3. The van der Waals surface area contributed by atoms with Crippen molar-refractivity contribution in [2.24, 2.45) is 11.8 Å². The van der Waals surface area contributed by atoms with Crippen LogP contribution in [0.4, 0.5) is 0 Å². The van der Waals surface area contributed by atoms with Gasteiger partial charge in [-0.2, -0.15) is 0 Å². The van der Waals surface area contributed by atoms with Crippen molar-refractivity contribution in [3.05, 3.63) is 35.5 Å². The highest BCUT2D eigenvalue weighted by molar-refractivity contribution is 6.25. The van der Waals surface area contributed by atoms with Crippen molar-refractivity contribution >= 4 is 11.6 Å². The van der Waals surface area contributed by atoms with Crippen molar-refractivity contribution in [1.82, 2.24) is 0 Å². The van der Waals surface area contributed by atoms with Crippen LogP contribution in [0.5, 0.6) is 0 Å². The average Bonchev–Trinajstić information content (AvgIpc) is 3.15. The van der Waals surface area contributed by atoms with E-state index >= 15 is 0 Å². The van der Waals surface area contributed by atoms with Crippen LogP contribution in [0.3, 0.4) is 0 Å². The summed E-state index contributed by atoms with van der Waals surface area (Å²) in [6.45, 7) is 8.00. The third kappa shape index (κ3) is 2.63. The molecule has 1 fully saturated rings. The topological polar surface area (TPSA) is 34.1 Å². The number of rotatable bonds is 0. The Kier molecular flexibility index (Phi) is 4.62. The molecule has 3 aliphatic rings. The zero-order chi connectivity index (χ0) is 13.0. The lowest BCUT2D eigenvalue weighted by atomic mass is 9.88. The van der Waals surface area contributed by atoms with Crippen LogP contribution in [0, 0.1) is 11.8 Å². The molecule has 17 heavy (non-hydrogen) atoms. The smallest absolute Gasteiger partial charge is 0.186 e. The predicted octanol–water partition coefficient (Wildman–Crippen LogP) is 3.25. The summed E-state index contributed by atoms with van der Waals surface area (Å²) in [5.41, 5.74) is 1.26. The number of ketones is 2. The van der Waals surface area contributed by atoms with Gasteiger partial charge in [0.05, 0.1) is 0 Å². The summed E-state index contributed by atoms with van der Waals surface area (Å²) >= 11 is 0. The lowest BCUT2D eigenvalue weighted by Gasteiger charge is -2.14. The first-order valence-corrected chi connectivity index (χ1v) is 6.46. The Morgan fingerprint density at radius 1 is 0.824 bits per heavy atom.